The number of thioether (sulfide) groups is 2. The number of carbonyl (C=O) groups is 1. The van der Waals surface area contributed by atoms with Crippen molar-refractivity contribution in [3.8, 4) is 11.4 Å². The first kappa shape index (κ1) is 24.4. The Morgan fingerprint density at radius 2 is 2.06 bits per heavy atom. The zero-order valence-corrected chi connectivity index (χ0v) is 20.4. The summed E-state index contributed by atoms with van der Waals surface area (Å²) in [5, 5.41) is 2.99. The monoisotopic (exact) mass is 546 g/mol. The first-order valence-electron chi connectivity index (χ1n) is 10.7. The molecule has 0 aliphatic carbocycles. The molecule has 2 fully saturated rings. The molecule has 1 spiro atoms. The second-order valence-corrected chi connectivity index (χ2v) is 11.9. The van der Waals surface area contributed by atoms with Crippen LogP contribution in [-0.2, 0) is 4.79 Å². The van der Waals surface area contributed by atoms with Crippen LogP contribution in [0.15, 0.2) is 24.7 Å². The standard InChI is InChI=1S/C21H19ClF4N6OS2/c22-11-4-12-13(7-28-16(12)27-6-11)17-29-8-14(23)18(31-17)32-10-20(34-2-1-3-35-20)5-15(32)19(33)30-9-21(24,25)26/h4,6-8,15H,1-3,5,9-10H2,(H,27,28)(H,30,33)/t15-/m1/s1. The summed E-state index contributed by atoms with van der Waals surface area (Å²) in [6, 6.07) is 0.669. The normalized spacial score (nSPS) is 20.0. The van der Waals surface area contributed by atoms with E-state index in [2.05, 4.69) is 19.9 Å². The third kappa shape index (κ3) is 5.03. The van der Waals surface area contributed by atoms with Crippen LogP contribution in [0.2, 0.25) is 5.02 Å². The molecule has 1 amide bonds. The van der Waals surface area contributed by atoms with Gasteiger partial charge in [0.2, 0.25) is 5.91 Å². The Morgan fingerprint density at radius 1 is 1.29 bits per heavy atom. The molecule has 0 aromatic carbocycles. The molecular formula is C21H19ClF4N6OS2. The molecule has 186 valence electrons. The largest absolute Gasteiger partial charge is 0.405 e. The Balaban J connectivity index is 1.52. The van der Waals surface area contributed by atoms with Gasteiger partial charge in [-0.15, -0.1) is 23.5 Å². The first-order valence-corrected chi connectivity index (χ1v) is 13.0. The van der Waals surface area contributed by atoms with Gasteiger partial charge < -0.3 is 15.2 Å². The molecular weight excluding hydrogens is 528 g/mol. The van der Waals surface area contributed by atoms with Gasteiger partial charge in [0, 0.05) is 36.3 Å². The number of fused-ring (bicyclic) bond motifs is 1. The van der Waals surface area contributed by atoms with Gasteiger partial charge in [-0.1, -0.05) is 11.6 Å². The van der Waals surface area contributed by atoms with Gasteiger partial charge >= 0.3 is 6.18 Å². The van der Waals surface area contributed by atoms with Gasteiger partial charge in [-0.2, -0.15) is 13.2 Å². The van der Waals surface area contributed by atoms with Gasteiger partial charge in [0.05, 0.1) is 15.3 Å². The molecule has 5 rings (SSSR count). The summed E-state index contributed by atoms with van der Waals surface area (Å²) in [5.41, 5.74) is 1.07. The maximum absolute atomic E-state index is 15.1. The number of aromatic amines is 1. The molecule has 2 saturated heterocycles. The van der Waals surface area contributed by atoms with Crippen molar-refractivity contribution in [2.75, 3.05) is 29.5 Å². The van der Waals surface area contributed by atoms with Crippen molar-refractivity contribution in [1.82, 2.24) is 25.3 Å². The van der Waals surface area contributed by atoms with Gasteiger partial charge in [0.15, 0.2) is 17.5 Å². The highest BCUT2D eigenvalue weighted by Gasteiger charge is 2.50. The molecule has 0 saturated carbocycles. The summed E-state index contributed by atoms with van der Waals surface area (Å²) in [6.07, 6.45) is 0.822. The molecule has 2 N–H and O–H groups in total. The Kier molecular flexibility index (Phi) is 6.51. The highest BCUT2D eigenvalue weighted by molar-refractivity contribution is 8.18. The minimum absolute atomic E-state index is 0.129. The van der Waals surface area contributed by atoms with Crippen LogP contribution in [0, 0.1) is 5.82 Å². The molecule has 2 aliphatic rings. The number of amides is 1. The van der Waals surface area contributed by atoms with Gasteiger partial charge in [-0.05, 0) is 24.0 Å². The number of nitrogens with zero attached hydrogens (tertiary/aromatic N) is 4. The first-order chi connectivity index (χ1) is 16.6. The second-order valence-electron chi connectivity index (χ2n) is 8.26. The highest BCUT2D eigenvalue weighted by atomic mass is 35.5. The summed E-state index contributed by atoms with van der Waals surface area (Å²) < 4.78 is 52.9. The van der Waals surface area contributed by atoms with Gasteiger partial charge in [-0.25, -0.2) is 19.3 Å². The van der Waals surface area contributed by atoms with Crippen LogP contribution in [0.5, 0.6) is 0 Å². The van der Waals surface area contributed by atoms with Crippen LogP contribution in [0.3, 0.4) is 0 Å². The van der Waals surface area contributed by atoms with E-state index in [1.165, 1.54) is 11.1 Å². The third-order valence-corrected chi connectivity index (χ3v) is 9.36. The average molecular weight is 547 g/mol. The number of anilines is 1. The number of pyridine rings is 1. The maximum Gasteiger partial charge on any atom is 0.405 e. The smallest absolute Gasteiger partial charge is 0.345 e. The lowest BCUT2D eigenvalue weighted by molar-refractivity contribution is -0.139. The van der Waals surface area contributed by atoms with Crippen LogP contribution >= 0.6 is 35.1 Å². The van der Waals surface area contributed by atoms with Crippen molar-refractivity contribution in [1.29, 1.82) is 0 Å². The van der Waals surface area contributed by atoms with Crippen LogP contribution < -0.4 is 10.2 Å². The van der Waals surface area contributed by atoms with Crippen LogP contribution in [0.25, 0.3) is 22.4 Å². The van der Waals surface area contributed by atoms with Gasteiger partial charge in [0.1, 0.15) is 18.2 Å². The predicted molar refractivity (Wildman–Crippen MR) is 129 cm³/mol. The van der Waals surface area contributed by atoms with Crippen molar-refractivity contribution in [3.63, 3.8) is 0 Å². The fourth-order valence-electron chi connectivity index (χ4n) is 4.28. The second kappa shape index (κ2) is 9.32. The molecule has 3 aromatic heterocycles. The number of aromatic nitrogens is 4. The molecule has 1 atom stereocenters. The number of H-pyrrole nitrogens is 1. The Hall–Kier alpha value is -2.25. The molecule has 7 nitrogen and oxygen atoms in total. The van der Waals surface area contributed by atoms with Crippen molar-refractivity contribution < 1.29 is 22.4 Å². The zero-order valence-electron chi connectivity index (χ0n) is 18.0. The van der Waals surface area contributed by atoms with Gasteiger partial charge in [-0.3, -0.25) is 4.79 Å². The quantitative estimate of drug-likeness (QED) is 0.461. The van der Waals surface area contributed by atoms with Crippen molar-refractivity contribution >= 4 is 57.9 Å². The van der Waals surface area contributed by atoms with E-state index in [-0.39, 0.29) is 24.6 Å². The molecule has 5 heterocycles. The van der Waals surface area contributed by atoms with Crippen molar-refractivity contribution in [2.45, 2.75) is 29.1 Å². The third-order valence-electron chi connectivity index (χ3n) is 5.81. The predicted octanol–water partition coefficient (Wildman–Crippen LogP) is 4.64. The highest BCUT2D eigenvalue weighted by Crippen LogP contribution is 2.51. The summed E-state index contributed by atoms with van der Waals surface area (Å²) in [5.74, 6) is 0.192. The minimum atomic E-state index is -4.55. The SMILES string of the molecule is O=C(NCC(F)(F)F)[C@H]1CC2(CN1c1nc(-c3c[nH]c4ncc(Cl)cc34)ncc1F)SCCCS2. The number of alkyl halides is 3. The Morgan fingerprint density at radius 3 is 2.80 bits per heavy atom. The van der Waals surface area contributed by atoms with E-state index in [1.807, 2.05) is 5.32 Å². The van der Waals surface area contributed by atoms with E-state index in [1.54, 1.807) is 35.8 Å². The number of hydrogen-bond acceptors (Lipinski definition) is 7. The molecule has 0 radical (unpaired) electrons. The Bertz CT molecular complexity index is 1270. The molecule has 35 heavy (non-hydrogen) atoms. The number of carbonyl (C=O) groups excluding carboxylic acids is 1. The fraction of sp³-hybridized carbons (Fsp3) is 0.429. The summed E-state index contributed by atoms with van der Waals surface area (Å²) in [4.78, 5) is 30.1. The summed E-state index contributed by atoms with van der Waals surface area (Å²) in [6.45, 7) is -1.19. The molecule has 3 aromatic rings. The number of rotatable bonds is 4. The topological polar surface area (TPSA) is 86.8 Å². The van der Waals surface area contributed by atoms with E-state index in [4.69, 9.17) is 11.6 Å². The molecule has 0 unspecified atom stereocenters. The van der Waals surface area contributed by atoms with Gasteiger partial charge in [0.25, 0.3) is 0 Å². The van der Waals surface area contributed by atoms with Crippen LogP contribution in [0.4, 0.5) is 23.4 Å². The average Bonchev–Trinajstić information content (AvgIpc) is 3.39. The maximum atomic E-state index is 15.1. The Labute approximate surface area is 210 Å². The number of hydrogen-bond donors (Lipinski definition) is 2. The van der Waals surface area contributed by atoms with E-state index in [0.717, 1.165) is 24.1 Å². The summed E-state index contributed by atoms with van der Waals surface area (Å²) in [7, 11) is 0. The molecule has 2 aliphatic heterocycles. The summed E-state index contributed by atoms with van der Waals surface area (Å²) >= 11 is 9.38. The van der Waals surface area contributed by atoms with Crippen LogP contribution in [0.1, 0.15) is 12.8 Å². The number of halogens is 5. The van der Waals surface area contributed by atoms with E-state index in [9.17, 15) is 18.0 Å². The van der Waals surface area contributed by atoms with E-state index in [0.29, 0.717) is 21.6 Å². The van der Waals surface area contributed by atoms with Crippen LogP contribution in [-0.4, -0.2) is 66.7 Å². The van der Waals surface area contributed by atoms with Crippen molar-refractivity contribution in [3.05, 3.63) is 35.5 Å². The lowest BCUT2D eigenvalue weighted by Gasteiger charge is -2.32. The minimum Gasteiger partial charge on any atom is -0.345 e. The van der Waals surface area contributed by atoms with Crippen molar-refractivity contribution in [2.24, 2.45) is 0 Å². The zero-order chi connectivity index (χ0) is 24.8. The lowest BCUT2D eigenvalue weighted by atomic mass is 10.2. The molecule has 0 bridgehead atoms. The fourth-order valence-corrected chi connectivity index (χ4v) is 7.79. The lowest BCUT2D eigenvalue weighted by Crippen LogP contribution is -2.46. The molecule has 14 heteroatoms. The van der Waals surface area contributed by atoms with E-state index >= 15 is 4.39 Å². The van der Waals surface area contributed by atoms with E-state index < -0.39 is 34.6 Å². The number of nitrogens with one attached hydrogen (secondary N) is 2.